The highest BCUT2D eigenvalue weighted by atomic mass is 19.1. The van der Waals surface area contributed by atoms with E-state index in [0.717, 1.165) is 0 Å². The molecule has 0 amide bonds. The number of hydrogen-bond donors (Lipinski definition) is 1. The Bertz CT molecular complexity index is 812. The Labute approximate surface area is 158 Å². The summed E-state index contributed by atoms with van der Waals surface area (Å²) in [7, 11) is 0. The summed E-state index contributed by atoms with van der Waals surface area (Å²) in [6, 6.07) is 0. The van der Waals surface area contributed by atoms with Crippen LogP contribution in [0, 0.1) is 28.6 Å². The topological polar surface area (TPSA) is 54.4 Å². The van der Waals surface area contributed by atoms with Crippen LogP contribution in [0.25, 0.3) is 0 Å². The van der Waals surface area contributed by atoms with E-state index in [9.17, 15) is 14.7 Å². The van der Waals surface area contributed by atoms with Gasteiger partial charge in [0.15, 0.2) is 11.6 Å². The summed E-state index contributed by atoms with van der Waals surface area (Å²) in [5.41, 5.74) is -2.78. The first-order chi connectivity index (χ1) is 12.6. The summed E-state index contributed by atoms with van der Waals surface area (Å²) >= 11 is 0. The van der Waals surface area contributed by atoms with Crippen molar-refractivity contribution in [1.82, 2.24) is 0 Å². The number of aliphatic hydroxyl groups is 1. The van der Waals surface area contributed by atoms with Crippen LogP contribution >= 0.6 is 0 Å². The highest BCUT2D eigenvalue weighted by molar-refractivity contribution is 6.02. The van der Waals surface area contributed by atoms with Gasteiger partial charge in [0.2, 0.25) is 0 Å². The molecule has 0 radical (unpaired) electrons. The molecule has 0 aliphatic heterocycles. The van der Waals surface area contributed by atoms with Gasteiger partial charge in [-0.15, -0.1) is 0 Å². The van der Waals surface area contributed by atoms with Crippen LogP contribution in [0.5, 0.6) is 0 Å². The average Bonchev–Trinajstić information content (AvgIpc) is 2.96. The van der Waals surface area contributed by atoms with Gasteiger partial charge in [0.1, 0.15) is 18.4 Å². The molecule has 0 aromatic heterocycles. The van der Waals surface area contributed by atoms with Gasteiger partial charge in [-0.25, -0.2) is 8.78 Å². The number of hydrogen-bond acceptors (Lipinski definition) is 3. The molecule has 2 fully saturated rings. The average molecular weight is 376 g/mol. The lowest BCUT2D eigenvalue weighted by molar-refractivity contribution is -0.130. The van der Waals surface area contributed by atoms with Crippen molar-refractivity contribution in [3.63, 3.8) is 0 Å². The fourth-order valence-corrected chi connectivity index (χ4v) is 6.51. The number of Topliss-reactive ketones (excluding diaryl/α,β-unsaturated/α-hetero) is 1. The standard InChI is InChI=1S/C22H26F2O3/c1-12-8-13(26)9-17-18(23)10-16-14-4-5-15(19(27)11-25)20(14,2)6-7-22(16,24)21(12,17)3/h6-9,14-16,18,25H,4-5,10-11H2,1-3H3/t14-,15+,16-,18?,20-,21-,22+/m0/s1. The van der Waals surface area contributed by atoms with Gasteiger partial charge in [-0.2, -0.15) is 0 Å². The molecule has 3 nitrogen and oxygen atoms in total. The van der Waals surface area contributed by atoms with Crippen molar-refractivity contribution in [2.75, 3.05) is 6.61 Å². The van der Waals surface area contributed by atoms with Gasteiger partial charge < -0.3 is 5.11 Å². The third-order valence-electron chi connectivity index (χ3n) is 8.16. The fraction of sp³-hybridized carbons (Fsp3) is 0.636. The van der Waals surface area contributed by atoms with Crippen LogP contribution in [0.4, 0.5) is 8.78 Å². The summed E-state index contributed by atoms with van der Waals surface area (Å²) in [5, 5.41) is 9.33. The van der Waals surface area contributed by atoms with E-state index in [1.165, 1.54) is 18.2 Å². The predicted molar refractivity (Wildman–Crippen MR) is 97.3 cm³/mol. The number of rotatable bonds is 2. The van der Waals surface area contributed by atoms with Gasteiger partial charge in [0.05, 0.1) is 5.41 Å². The number of fused-ring (bicyclic) bond motifs is 5. The Morgan fingerprint density at radius 3 is 2.59 bits per heavy atom. The number of halogens is 2. The van der Waals surface area contributed by atoms with E-state index in [2.05, 4.69) is 0 Å². The molecule has 5 heteroatoms. The smallest absolute Gasteiger partial charge is 0.178 e. The fourth-order valence-electron chi connectivity index (χ4n) is 6.51. The van der Waals surface area contributed by atoms with E-state index < -0.39 is 35.2 Å². The summed E-state index contributed by atoms with van der Waals surface area (Å²) in [6.07, 6.45) is 5.87. The SMILES string of the molecule is CC1=CC(=O)C=C2C(F)C[C@H]3[C@@H]4CC[C@H](C(=O)CO)[C@@]4(C)C=C[C@]3(F)[C@@]12C. The molecule has 4 aliphatic rings. The Kier molecular flexibility index (Phi) is 3.95. The van der Waals surface area contributed by atoms with Crippen molar-refractivity contribution in [2.45, 2.75) is 51.9 Å². The number of ketones is 2. The lowest BCUT2D eigenvalue weighted by atomic mass is 9.47. The second-order valence-corrected chi connectivity index (χ2v) is 9.09. The zero-order chi connectivity index (χ0) is 19.8. The van der Waals surface area contributed by atoms with E-state index >= 15 is 8.78 Å². The van der Waals surface area contributed by atoms with Gasteiger partial charge in [-0.1, -0.05) is 18.6 Å². The molecular formula is C22H26F2O3. The number of aliphatic hydroxyl groups excluding tert-OH is 1. The first-order valence-electron chi connectivity index (χ1n) is 9.71. The van der Waals surface area contributed by atoms with E-state index in [4.69, 9.17) is 0 Å². The highest BCUT2D eigenvalue weighted by Gasteiger charge is 2.68. The minimum Gasteiger partial charge on any atom is -0.389 e. The number of carbonyl (C=O) groups excluding carboxylic acids is 2. The first-order valence-corrected chi connectivity index (χ1v) is 9.71. The van der Waals surface area contributed by atoms with Crippen molar-refractivity contribution in [1.29, 1.82) is 0 Å². The Morgan fingerprint density at radius 2 is 1.93 bits per heavy atom. The monoisotopic (exact) mass is 376 g/mol. The summed E-state index contributed by atoms with van der Waals surface area (Å²) in [5.74, 6) is -1.62. The normalized spacial score (nSPS) is 48.3. The Balaban J connectivity index is 1.86. The van der Waals surface area contributed by atoms with E-state index in [0.29, 0.717) is 18.4 Å². The number of allylic oxidation sites excluding steroid dienone is 6. The summed E-state index contributed by atoms with van der Waals surface area (Å²) in [4.78, 5) is 24.2. The maximum absolute atomic E-state index is 16.7. The van der Waals surface area contributed by atoms with Crippen LogP contribution in [0.1, 0.15) is 40.0 Å². The van der Waals surface area contributed by atoms with Gasteiger partial charge in [0, 0.05) is 11.8 Å². The van der Waals surface area contributed by atoms with Crippen LogP contribution in [-0.4, -0.2) is 35.1 Å². The van der Waals surface area contributed by atoms with Crippen LogP contribution in [-0.2, 0) is 9.59 Å². The molecule has 4 aliphatic carbocycles. The van der Waals surface area contributed by atoms with E-state index in [1.807, 2.05) is 6.92 Å². The molecule has 4 rings (SSSR count). The maximum atomic E-state index is 16.7. The predicted octanol–water partition coefficient (Wildman–Crippen LogP) is 3.68. The zero-order valence-electron chi connectivity index (χ0n) is 16.0. The number of alkyl halides is 2. The lowest BCUT2D eigenvalue weighted by Crippen LogP contribution is -2.61. The highest BCUT2D eigenvalue weighted by Crippen LogP contribution is 2.67. The molecule has 7 atom stereocenters. The minimum absolute atomic E-state index is 0.0170. The molecular weight excluding hydrogens is 350 g/mol. The summed E-state index contributed by atoms with van der Waals surface area (Å²) in [6.45, 7) is 4.82. The first kappa shape index (κ1) is 18.7. The zero-order valence-corrected chi connectivity index (χ0v) is 16.0. The van der Waals surface area contributed by atoms with Crippen molar-refractivity contribution in [3.8, 4) is 0 Å². The molecule has 146 valence electrons. The molecule has 0 aromatic rings. The Hall–Kier alpha value is -1.62. The molecule has 0 heterocycles. The van der Waals surface area contributed by atoms with E-state index in [1.54, 1.807) is 19.9 Å². The van der Waals surface area contributed by atoms with Crippen molar-refractivity contribution >= 4 is 11.6 Å². The third-order valence-corrected chi connectivity index (χ3v) is 8.16. The third kappa shape index (κ3) is 2.15. The molecule has 1 N–H and O–H groups in total. The second kappa shape index (κ2) is 5.69. The molecule has 27 heavy (non-hydrogen) atoms. The van der Waals surface area contributed by atoms with Crippen LogP contribution in [0.3, 0.4) is 0 Å². The van der Waals surface area contributed by atoms with Gasteiger partial charge in [-0.3, -0.25) is 9.59 Å². The Morgan fingerprint density at radius 1 is 1.22 bits per heavy atom. The molecule has 0 bridgehead atoms. The van der Waals surface area contributed by atoms with Crippen molar-refractivity contribution < 1.29 is 23.5 Å². The molecule has 1 unspecified atom stereocenters. The van der Waals surface area contributed by atoms with Crippen LogP contribution in [0.15, 0.2) is 35.5 Å². The van der Waals surface area contributed by atoms with Crippen molar-refractivity contribution in [3.05, 3.63) is 35.5 Å². The lowest BCUT2D eigenvalue weighted by Gasteiger charge is -2.59. The minimum atomic E-state index is -1.80. The molecule has 2 saturated carbocycles. The maximum Gasteiger partial charge on any atom is 0.178 e. The van der Waals surface area contributed by atoms with E-state index in [-0.39, 0.29) is 35.4 Å². The quantitative estimate of drug-likeness (QED) is 0.748. The van der Waals surface area contributed by atoms with Gasteiger partial charge >= 0.3 is 0 Å². The van der Waals surface area contributed by atoms with Crippen LogP contribution in [0.2, 0.25) is 0 Å². The van der Waals surface area contributed by atoms with Gasteiger partial charge in [0.25, 0.3) is 0 Å². The molecule has 0 aromatic carbocycles. The van der Waals surface area contributed by atoms with Crippen LogP contribution < -0.4 is 0 Å². The van der Waals surface area contributed by atoms with Gasteiger partial charge in [-0.05, 0) is 68.2 Å². The molecule has 0 spiro atoms. The molecule has 0 saturated heterocycles. The number of carbonyl (C=O) groups is 2. The largest absolute Gasteiger partial charge is 0.389 e. The summed E-state index contributed by atoms with van der Waals surface area (Å²) < 4.78 is 31.9. The second-order valence-electron chi connectivity index (χ2n) is 9.09. The van der Waals surface area contributed by atoms with Crippen molar-refractivity contribution in [2.24, 2.45) is 28.6 Å².